The van der Waals surface area contributed by atoms with Gasteiger partial charge < -0.3 is 11.1 Å². The minimum absolute atomic E-state index is 0.0236. The lowest BCUT2D eigenvalue weighted by Gasteiger charge is -2.06. The molecule has 0 radical (unpaired) electrons. The second kappa shape index (κ2) is 4.91. The summed E-state index contributed by atoms with van der Waals surface area (Å²) in [7, 11) is 0. The lowest BCUT2D eigenvalue weighted by atomic mass is 10.4. The van der Waals surface area contributed by atoms with Gasteiger partial charge in [-0.1, -0.05) is 6.07 Å². The van der Waals surface area contributed by atoms with Crippen molar-refractivity contribution in [2.75, 3.05) is 11.9 Å². The molecule has 0 aromatic carbocycles. The molecule has 2 aromatic rings. The van der Waals surface area contributed by atoms with E-state index >= 15 is 0 Å². The molecule has 0 aliphatic heterocycles. The predicted octanol–water partition coefficient (Wildman–Crippen LogP) is 0.890. The normalized spacial score (nSPS) is 10.3. The van der Waals surface area contributed by atoms with E-state index in [0.717, 1.165) is 0 Å². The maximum atomic E-state index is 11.2. The molecule has 0 saturated heterocycles. The van der Waals surface area contributed by atoms with Crippen LogP contribution in [0.4, 0.5) is 5.82 Å². The van der Waals surface area contributed by atoms with Crippen LogP contribution in [0.15, 0.2) is 29.8 Å². The van der Waals surface area contributed by atoms with Crippen molar-refractivity contribution in [3.05, 3.63) is 34.7 Å². The minimum atomic E-state index is -0.215. The SMILES string of the molecule is NCC(=O)Nc1ccnn1Cc1cccs1. The number of anilines is 1. The molecule has 2 heterocycles. The number of aromatic nitrogens is 2. The number of hydrogen-bond donors (Lipinski definition) is 2. The second-order valence-corrected chi connectivity index (χ2v) is 4.24. The molecule has 2 rings (SSSR count). The summed E-state index contributed by atoms with van der Waals surface area (Å²) in [5, 5.41) is 8.85. The second-order valence-electron chi connectivity index (χ2n) is 3.21. The Kier molecular flexibility index (Phi) is 3.33. The van der Waals surface area contributed by atoms with E-state index in [2.05, 4.69) is 10.4 Å². The van der Waals surface area contributed by atoms with Gasteiger partial charge in [0.05, 0.1) is 19.3 Å². The largest absolute Gasteiger partial charge is 0.322 e. The Morgan fingerprint density at radius 2 is 2.44 bits per heavy atom. The Morgan fingerprint density at radius 1 is 1.56 bits per heavy atom. The minimum Gasteiger partial charge on any atom is -0.322 e. The molecule has 0 fully saturated rings. The van der Waals surface area contributed by atoms with Gasteiger partial charge in [0.1, 0.15) is 5.82 Å². The maximum absolute atomic E-state index is 11.2. The summed E-state index contributed by atoms with van der Waals surface area (Å²) in [6, 6.07) is 5.77. The van der Waals surface area contributed by atoms with Gasteiger partial charge in [0, 0.05) is 10.9 Å². The molecular formula is C10H12N4OS. The van der Waals surface area contributed by atoms with E-state index in [1.54, 1.807) is 28.3 Å². The van der Waals surface area contributed by atoms with Crippen LogP contribution in [0.5, 0.6) is 0 Å². The Hall–Kier alpha value is -1.66. The molecule has 0 saturated carbocycles. The van der Waals surface area contributed by atoms with E-state index in [9.17, 15) is 4.79 Å². The van der Waals surface area contributed by atoms with Crippen molar-refractivity contribution in [1.29, 1.82) is 0 Å². The molecule has 1 amide bonds. The monoisotopic (exact) mass is 236 g/mol. The number of nitrogens with two attached hydrogens (primary N) is 1. The summed E-state index contributed by atoms with van der Waals surface area (Å²) in [6.07, 6.45) is 1.65. The zero-order chi connectivity index (χ0) is 11.4. The first kappa shape index (κ1) is 10.8. The number of rotatable bonds is 4. The maximum Gasteiger partial charge on any atom is 0.239 e. The molecule has 0 atom stereocenters. The number of nitrogens with one attached hydrogen (secondary N) is 1. The van der Waals surface area contributed by atoms with E-state index in [0.29, 0.717) is 12.4 Å². The Labute approximate surface area is 96.9 Å². The van der Waals surface area contributed by atoms with Crippen LogP contribution in [0, 0.1) is 0 Å². The number of thiophene rings is 1. The molecule has 5 nitrogen and oxygen atoms in total. The number of hydrogen-bond acceptors (Lipinski definition) is 4. The molecule has 16 heavy (non-hydrogen) atoms. The van der Waals surface area contributed by atoms with Gasteiger partial charge in [0.25, 0.3) is 0 Å². The van der Waals surface area contributed by atoms with Crippen molar-refractivity contribution in [2.45, 2.75) is 6.54 Å². The van der Waals surface area contributed by atoms with Crippen molar-refractivity contribution in [1.82, 2.24) is 9.78 Å². The summed E-state index contributed by atoms with van der Waals surface area (Å²) in [6.45, 7) is 0.634. The molecule has 6 heteroatoms. The third-order valence-corrected chi connectivity index (χ3v) is 2.92. The van der Waals surface area contributed by atoms with Crippen molar-refractivity contribution >= 4 is 23.1 Å². The molecule has 3 N–H and O–H groups in total. The van der Waals surface area contributed by atoms with E-state index in [-0.39, 0.29) is 12.5 Å². The smallest absolute Gasteiger partial charge is 0.239 e. The highest BCUT2D eigenvalue weighted by atomic mass is 32.1. The zero-order valence-corrected chi connectivity index (χ0v) is 9.41. The van der Waals surface area contributed by atoms with Crippen LogP contribution in [0.2, 0.25) is 0 Å². The standard InChI is InChI=1S/C10H12N4OS/c11-6-10(15)13-9-3-4-12-14(9)7-8-2-1-5-16-8/h1-5H,6-7,11H2,(H,13,15). The highest BCUT2D eigenvalue weighted by Crippen LogP contribution is 2.13. The first-order chi connectivity index (χ1) is 7.79. The lowest BCUT2D eigenvalue weighted by molar-refractivity contribution is -0.114. The number of carbonyl (C=O) groups is 1. The molecule has 0 unspecified atom stereocenters. The van der Waals surface area contributed by atoms with Crippen LogP contribution in [0.3, 0.4) is 0 Å². The van der Waals surface area contributed by atoms with E-state index < -0.39 is 0 Å². The van der Waals surface area contributed by atoms with Gasteiger partial charge in [-0.25, -0.2) is 4.68 Å². The highest BCUT2D eigenvalue weighted by Gasteiger charge is 2.06. The molecule has 2 aromatic heterocycles. The fourth-order valence-corrected chi connectivity index (χ4v) is 1.99. The van der Waals surface area contributed by atoms with Crippen molar-refractivity contribution in [2.24, 2.45) is 5.73 Å². The van der Waals surface area contributed by atoms with Gasteiger partial charge in [0.2, 0.25) is 5.91 Å². The van der Waals surface area contributed by atoms with Crippen LogP contribution < -0.4 is 11.1 Å². The molecule has 0 spiro atoms. The van der Waals surface area contributed by atoms with E-state index in [1.165, 1.54) is 4.88 Å². The summed E-state index contributed by atoms with van der Waals surface area (Å²) in [5.74, 6) is 0.455. The molecule has 0 aliphatic carbocycles. The third kappa shape index (κ3) is 2.47. The quantitative estimate of drug-likeness (QED) is 0.828. The Morgan fingerprint density at radius 3 is 3.12 bits per heavy atom. The van der Waals surface area contributed by atoms with Gasteiger partial charge in [-0.05, 0) is 11.4 Å². The number of carbonyl (C=O) groups excluding carboxylic acids is 1. The van der Waals surface area contributed by atoms with Crippen molar-refractivity contribution in [3.63, 3.8) is 0 Å². The van der Waals surface area contributed by atoms with Crippen LogP contribution in [-0.4, -0.2) is 22.2 Å². The van der Waals surface area contributed by atoms with Crippen LogP contribution in [0.25, 0.3) is 0 Å². The molecule has 0 bridgehead atoms. The lowest BCUT2D eigenvalue weighted by Crippen LogP contribution is -2.23. The van der Waals surface area contributed by atoms with Gasteiger partial charge in [0.15, 0.2) is 0 Å². The van der Waals surface area contributed by atoms with Crippen molar-refractivity contribution in [3.8, 4) is 0 Å². The Balaban J connectivity index is 2.10. The summed E-state index contributed by atoms with van der Waals surface area (Å²) < 4.78 is 1.74. The summed E-state index contributed by atoms with van der Waals surface area (Å²) in [5.41, 5.74) is 5.24. The van der Waals surface area contributed by atoms with Gasteiger partial charge in [-0.15, -0.1) is 11.3 Å². The zero-order valence-electron chi connectivity index (χ0n) is 8.59. The highest BCUT2D eigenvalue weighted by molar-refractivity contribution is 7.09. The first-order valence-corrected chi connectivity index (χ1v) is 5.71. The third-order valence-electron chi connectivity index (χ3n) is 2.06. The average molecular weight is 236 g/mol. The number of amides is 1. The van der Waals surface area contributed by atoms with Gasteiger partial charge in [-0.3, -0.25) is 4.79 Å². The van der Waals surface area contributed by atoms with Crippen LogP contribution in [0.1, 0.15) is 4.88 Å². The average Bonchev–Trinajstić information content (AvgIpc) is 2.92. The fraction of sp³-hybridized carbons (Fsp3) is 0.200. The fourth-order valence-electron chi connectivity index (χ4n) is 1.31. The first-order valence-electron chi connectivity index (χ1n) is 4.83. The summed E-state index contributed by atoms with van der Waals surface area (Å²) >= 11 is 1.66. The van der Waals surface area contributed by atoms with Crippen molar-refractivity contribution < 1.29 is 4.79 Å². The van der Waals surface area contributed by atoms with Crippen LogP contribution >= 0.6 is 11.3 Å². The molecule has 84 valence electrons. The van der Waals surface area contributed by atoms with E-state index in [4.69, 9.17) is 5.73 Å². The molecular weight excluding hydrogens is 224 g/mol. The van der Waals surface area contributed by atoms with Gasteiger partial charge in [-0.2, -0.15) is 5.10 Å². The van der Waals surface area contributed by atoms with Gasteiger partial charge >= 0.3 is 0 Å². The number of nitrogens with zero attached hydrogens (tertiary/aromatic N) is 2. The molecule has 0 aliphatic rings. The predicted molar refractivity (Wildman–Crippen MR) is 63.3 cm³/mol. The van der Waals surface area contributed by atoms with Crippen LogP contribution in [-0.2, 0) is 11.3 Å². The topological polar surface area (TPSA) is 72.9 Å². The summed E-state index contributed by atoms with van der Waals surface area (Å²) in [4.78, 5) is 12.3. The van der Waals surface area contributed by atoms with E-state index in [1.807, 2.05) is 17.5 Å². The Bertz CT molecular complexity index is 463.